The molecule has 12 nitrogen and oxygen atoms in total. The molecule has 0 saturated heterocycles. The SMILES string of the molecule is CON(C)C(=O)C1=CN(CCCSO)C2=N/C(=C/C=C3\CCCC(/C=C/C4=NC/C(=C\C(=C/NCCCSO)C(=O)N(C)OC)C4(C)C)=C3Cl)C(C)(C)C2=C1. The molecule has 4 aliphatic rings. The number of nitrogens with zero attached hydrogens (tertiary/aromatic N) is 5. The first kappa shape index (κ1) is 44.3. The first-order chi connectivity index (χ1) is 26.2. The van der Waals surface area contributed by atoms with Crippen LogP contribution in [-0.2, 0) is 19.3 Å². The summed E-state index contributed by atoms with van der Waals surface area (Å²) in [5.41, 5.74) is 5.81. The summed E-state index contributed by atoms with van der Waals surface area (Å²) in [6.45, 7) is 10.1. The lowest BCUT2D eigenvalue weighted by molar-refractivity contribution is -0.164. The Morgan fingerprint density at radius 1 is 1.02 bits per heavy atom. The van der Waals surface area contributed by atoms with Crippen molar-refractivity contribution in [1.82, 2.24) is 20.3 Å². The van der Waals surface area contributed by atoms with Gasteiger partial charge < -0.3 is 19.3 Å². The van der Waals surface area contributed by atoms with E-state index in [1.54, 1.807) is 20.3 Å². The minimum absolute atomic E-state index is 0.255. The fourth-order valence-electron chi connectivity index (χ4n) is 6.54. The van der Waals surface area contributed by atoms with Crippen molar-refractivity contribution < 1.29 is 28.4 Å². The van der Waals surface area contributed by atoms with E-state index in [1.165, 1.54) is 24.3 Å². The van der Waals surface area contributed by atoms with Gasteiger partial charge in [-0.15, -0.1) is 0 Å². The zero-order valence-corrected chi connectivity index (χ0v) is 35.5. The van der Waals surface area contributed by atoms with E-state index in [1.807, 2.05) is 35.4 Å². The van der Waals surface area contributed by atoms with E-state index in [-0.39, 0.29) is 11.8 Å². The van der Waals surface area contributed by atoms with Crippen molar-refractivity contribution in [2.24, 2.45) is 20.8 Å². The van der Waals surface area contributed by atoms with Gasteiger partial charge in [0.15, 0.2) is 0 Å². The van der Waals surface area contributed by atoms with Gasteiger partial charge in [0.05, 0.1) is 37.6 Å². The van der Waals surface area contributed by atoms with E-state index < -0.39 is 10.8 Å². The number of carbonyl (C=O) groups excluding carboxylic acids is 2. The van der Waals surface area contributed by atoms with Crippen LogP contribution >= 0.6 is 35.7 Å². The molecule has 0 bridgehead atoms. The maximum Gasteiger partial charge on any atom is 0.278 e. The van der Waals surface area contributed by atoms with E-state index in [0.717, 1.165) is 94.3 Å². The van der Waals surface area contributed by atoms with E-state index in [9.17, 15) is 14.1 Å². The van der Waals surface area contributed by atoms with Gasteiger partial charge >= 0.3 is 0 Å². The van der Waals surface area contributed by atoms with Crippen molar-refractivity contribution >= 4 is 59.0 Å². The number of carbonyl (C=O) groups is 2. The highest BCUT2D eigenvalue weighted by molar-refractivity contribution is 7.93. The van der Waals surface area contributed by atoms with Crippen LogP contribution in [-0.4, -0.2) is 107 Å². The van der Waals surface area contributed by atoms with Gasteiger partial charge in [0.1, 0.15) is 5.84 Å². The van der Waals surface area contributed by atoms with Crippen molar-refractivity contribution in [2.75, 3.05) is 59.5 Å². The predicted molar refractivity (Wildman–Crippen MR) is 225 cm³/mol. The molecule has 0 spiro atoms. The minimum Gasteiger partial charge on any atom is -0.390 e. The molecule has 0 atom stereocenters. The Labute approximate surface area is 339 Å². The normalized spacial score (nSPS) is 21.6. The highest BCUT2D eigenvalue weighted by atomic mass is 35.5. The average Bonchev–Trinajstić information content (AvgIpc) is 3.60. The van der Waals surface area contributed by atoms with Crippen LogP contribution in [0.3, 0.4) is 0 Å². The minimum atomic E-state index is -0.486. The lowest BCUT2D eigenvalue weighted by atomic mass is 9.80. The average molecular weight is 816 g/mol. The lowest BCUT2D eigenvalue weighted by Gasteiger charge is -2.31. The van der Waals surface area contributed by atoms with Crippen molar-refractivity contribution in [1.29, 1.82) is 0 Å². The summed E-state index contributed by atoms with van der Waals surface area (Å²) in [6, 6.07) is 0. The summed E-state index contributed by atoms with van der Waals surface area (Å²) in [4.78, 5) is 48.5. The molecule has 0 fully saturated rings. The number of hydrogen-bond acceptors (Lipinski definition) is 12. The molecule has 0 aromatic rings. The van der Waals surface area contributed by atoms with Crippen LogP contribution in [0.15, 0.2) is 103 Å². The van der Waals surface area contributed by atoms with Crippen molar-refractivity contribution in [2.45, 2.75) is 59.8 Å². The molecule has 0 aromatic carbocycles. The van der Waals surface area contributed by atoms with Crippen LogP contribution in [0.25, 0.3) is 0 Å². The van der Waals surface area contributed by atoms with E-state index in [2.05, 4.69) is 45.2 Å². The third kappa shape index (κ3) is 10.7. The van der Waals surface area contributed by atoms with Gasteiger partial charge in [-0.1, -0.05) is 51.4 Å². The number of hydrogen-bond donors (Lipinski definition) is 3. The second-order valence-corrected chi connectivity index (χ2v) is 16.3. The van der Waals surface area contributed by atoms with Crippen LogP contribution in [0.1, 0.15) is 59.8 Å². The van der Waals surface area contributed by atoms with E-state index >= 15 is 0 Å². The molecule has 15 heteroatoms. The smallest absolute Gasteiger partial charge is 0.278 e. The van der Waals surface area contributed by atoms with Crippen molar-refractivity contribution in [3.8, 4) is 0 Å². The number of amides is 2. The van der Waals surface area contributed by atoms with E-state index in [4.69, 9.17) is 35.8 Å². The molecule has 1 aliphatic carbocycles. The van der Waals surface area contributed by atoms with Gasteiger partial charge in [0, 0.05) is 78.2 Å². The maximum absolute atomic E-state index is 13.1. The molecule has 2 amide bonds. The fourth-order valence-corrected chi connectivity index (χ4v) is 7.38. The standard InChI is InChI=1S/C40H55ClN6O6S2/c1-39(2)31(22-29(37(48)45(5)52-7)24-42-18-10-20-54-50)25-43-33(39)16-14-27-12-9-13-28(35(27)41)15-17-34-40(3,4)32-23-30(38(49)46(6)53-8)26-47(36(32)44-34)19-11-21-55-51/h14-17,22-24,26,42,50-51H,9-13,18-21,25H2,1-8H3/b16-14+,28-15+,29-24+,31-22+,34-17+. The summed E-state index contributed by atoms with van der Waals surface area (Å²) < 4.78 is 18.3. The Kier molecular flexibility index (Phi) is 16.3. The van der Waals surface area contributed by atoms with E-state index in [0.29, 0.717) is 48.7 Å². The molecule has 3 N–H and O–H groups in total. The number of halogens is 1. The van der Waals surface area contributed by atoms with Gasteiger partial charge in [-0.2, -0.15) is 0 Å². The van der Waals surface area contributed by atoms with Crippen LogP contribution in [0.5, 0.6) is 0 Å². The number of likely N-dealkylation sites (N-methyl/N-ethyl adjacent to an activating group) is 2. The van der Waals surface area contributed by atoms with Crippen LogP contribution in [0, 0.1) is 10.8 Å². The monoisotopic (exact) mass is 814 g/mol. The first-order valence-electron chi connectivity index (χ1n) is 18.4. The Morgan fingerprint density at radius 3 is 2.42 bits per heavy atom. The molecular formula is C40H55ClN6O6S2. The predicted octanol–water partition coefficient (Wildman–Crippen LogP) is 7.71. The third-order valence-corrected chi connectivity index (χ3v) is 11.7. The second-order valence-electron chi connectivity index (χ2n) is 14.6. The molecule has 0 radical (unpaired) electrons. The van der Waals surface area contributed by atoms with Gasteiger partial charge in [0.25, 0.3) is 11.8 Å². The Balaban J connectivity index is 1.57. The van der Waals surface area contributed by atoms with Gasteiger partial charge in [0.2, 0.25) is 0 Å². The topological polar surface area (TPSA) is 140 Å². The number of rotatable bonds is 17. The maximum atomic E-state index is 13.1. The molecule has 3 aliphatic heterocycles. The number of nitrogens with one attached hydrogen (secondary N) is 1. The summed E-state index contributed by atoms with van der Waals surface area (Å²) in [7, 11) is 6.07. The molecule has 300 valence electrons. The molecule has 55 heavy (non-hydrogen) atoms. The molecule has 3 heterocycles. The number of amidine groups is 1. The van der Waals surface area contributed by atoms with Crippen molar-refractivity contribution in [3.63, 3.8) is 0 Å². The molecule has 4 rings (SSSR count). The Morgan fingerprint density at radius 2 is 1.73 bits per heavy atom. The van der Waals surface area contributed by atoms with Crippen LogP contribution < -0.4 is 5.32 Å². The number of hydroxylamine groups is 4. The highest BCUT2D eigenvalue weighted by Gasteiger charge is 2.41. The first-order valence-corrected chi connectivity index (χ1v) is 20.6. The fraction of sp³-hybridized carbons (Fsp3) is 0.500. The Hall–Kier alpha value is -3.37. The van der Waals surface area contributed by atoms with Gasteiger partial charge in [-0.25, -0.2) is 15.1 Å². The largest absolute Gasteiger partial charge is 0.390 e. The number of fused-ring (bicyclic) bond motifs is 1. The van der Waals surface area contributed by atoms with Crippen LogP contribution in [0.2, 0.25) is 0 Å². The highest BCUT2D eigenvalue weighted by Crippen LogP contribution is 2.46. The molecular weight excluding hydrogens is 760 g/mol. The quantitative estimate of drug-likeness (QED) is 0.0580. The zero-order chi connectivity index (χ0) is 40.3. The van der Waals surface area contributed by atoms with Crippen molar-refractivity contribution in [3.05, 3.63) is 93.0 Å². The molecule has 0 unspecified atom stereocenters. The zero-order valence-electron chi connectivity index (χ0n) is 33.1. The second kappa shape index (κ2) is 20.2. The van der Waals surface area contributed by atoms with Gasteiger partial charge in [-0.05, 0) is 97.2 Å². The number of aliphatic imine (C=N–C) groups is 2. The summed E-state index contributed by atoms with van der Waals surface area (Å²) >= 11 is 8.68. The summed E-state index contributed by atoms with van der Waals surface area (Å²) in [5, 5.41) is 6.29. The molecule has 0 aromatic heterocycles. The summed E-state index contributed by atoms with van der Waals surface area (Å²) in [6.07, 6.45) is 19.6. The van der Waals surface area contributed by atoms with Gasteiger partial charge in [-0.3, -0.25) is 24.3 Å². The Bertz CT molecular complexity index is 1790. The third-order valence-electron chi connectivity index (χ3n) is 10.2. The summed E-state index contributed by atoms with van der Waals surface area (Å²) in [5.74, 6) is 1.42. The number of allylic oxidation sites excluding steroid dienone is 8. The van der Waals surface area contributed by atoms with Crippen LogP contribution in [0.4, 0.5) is 0 Å². The molecule has 0 saturated carbocycles. The lowest BCUT2D eigenvalue weighted by Crippen LogP contribution is -2.36.